The maximum Gasteiger partial charge on any atom is 0.407 e. The van der Waals surface area contributed by atoms with Crippen molar-refractivity contribution in [2.45, 2.75) is 184 Å². The van der Waals surface area contributed by atoms with Crippen molar-refractivity contribution in [2.24, 2.45) is 23.7 Å². The number of ether oxygens (including phenoxy) is 5. The van der Waals surface area contributed by atoms with Gasteiger partial charge in [0.25, 0.3) is 0 Å². The van der Waals surface area contributed by atoms with Gasteiger partial charge < -0.3 is 85.2 Å². The quantitative estimate of drug-likeness (QED) is 0.0803. The zero-order valence-corrected chi connectivity index (χ0v) is 46.7. The van der Waals surface area contributed by atoms with Gasteiger partial charge in [-0.05, 0) is 38.0 Å². The molecule has 0 aromatic carbocycles. The second kappa shape index (κ2) is 35.9. The van der Waals surface area contributed by atoms with Crippen molar-refractivity contribution in [1.82, 2.24) is 5.32 Å². The maximum atomic E-state index is 12.9. The van der Waals surface area contributed by atoms with Gasteiger partial charge in [0, 0.05) is 62.9 Å². The highest BCUT2D eigenvalue weighted by molar-refractivity contribution is 8.76. The van der Waals surface area contributed by atoms with Crippen LogP contribution in [0.1, 0.15) is 92.4 Å². The van der Waals surface area contributed by atoms with E-state index in [1.807, 2.05) is 51.2 Å². The van der Waals surface area contributed by atoms with Crippen LogP contribution >= 0.6 is 21.6 Å². The smallest absolute Gasteiger partial charge is 0.407 e. The first-order valence-electron chi connectivity index (χ1n) is 26.5. The number of amides is 1. The molecule has 3 aliphatic heterocycles. The monoisotopic (exact) mass is 1140 g/mol. The molecule has 1 amide bonds. The predicted octanol–water partition coefficient (Wildman–Crippen LogP) is 3.09. The molecule has 12 N–H and O–H groups in total. The summed E-state index contributed by atoms with van der Waals surface area (Å²) in [6, 6.07) is -1.39. The zero-order chi connectivity index (χ0) is 58.0. The molecule has 3 aliphatic rings. The van der Waals surface area contributed by atoms with Crippen LogP contribution in [-0.2, 0) is 38.1 Å². The summed E-state index contributed by atoms with van der Waals surface area (Å²) in [6.45, 7) is 8.54. The molecule has 0 radical (unpaired) electrons. The lowest BCUT2D eigenvalue weighted by Gasteiger charge is -2.45. The molecule has 0 aliphatic carbocycles. The second-order valence-corrected chi connectivity index (χ2v) is 23.0. The van der Waals surface area contributed by atoms with E-state index in [4.69, 9.17) is 23.7 Å². The standard InChI is InChI=1S/C55H85NO20S2/c1-33-18-16-14-12-10-8-6-7-9-11-13-15-17-19-42(75-53-51(67)48(50(66)36(4)74-53)56-54(70)73-23-25-78-77-24-22-72-37(5)57)30-46-47(52(68)69)45(64)32-55(71,76-46)31-41(61)29-44(63)43(62)21-20-38(58)27-40(60)28-39(59)26-34(2)35(3)49(33)65/h6-19,33-36,38,40-51,53,58,60-67,71H,20-32H2,1-5H3,(H,56,70)(H,68,69)/b7-6+,10-8+,11-9+,14-12+,15-13+,18-16+,19-17?/t33-,34+,35-,36?,38+,40+,41-,42-,43+,44+,45?,46-,47+,48?,49+,50?,51?,53?,55+/m0/s1. The molecular weight excluding hydrogens is 1060 g/mol. The number of fused-ring (bicyclic) bond motifs is 2. The van der Waals surface area contributed by atoms with E-state index in [-0.39, 0.29) is 68.9 Å². The number of aliphatic hydroxyl groups is 10. The van der Waals surface area contributed by atoms with Crippen LogP contribution in [0.15, 0.2) is 85.1 Å². The number of alkyl carbamates (subject to hydrolysis) is 1. The second-order valence-electron chi connectivity index (χ2n) is 20.3. The maximum absolute atomic E-state index is 12.9. The largest absolute Gasteiger partial charge is 0.481 e. The molecule has 2 bridgehead atoms. The number of aliphatic hydroxyl groups excluding tert-OH is 9. The Morgan fingerprint density at radius 1 is 0.667 bits per heavy atom. The molecule has 6 unspecified atom stereocenters. The normalized spacial score (nSPS) is 39.3. The molecule has 2 fully saturated rings. The summed E-state index contributed by atoms with van der Waals surface area (Å²) in [5.41, 5.74) is 0. The van der Waals surface area contributed by atoms with Gasteiger partial charge in [0.1, 0.15) is 37.1 Å². The molecule has 3 heterocycles. The minimum atomic E-state index is -2.39. The van der Waals surface area contributed by atoms with Gasteiger partial charge in [-0.3, -0.25) is 14.4 Å². The minimum Gasteiger partial charge on any atom is -0.481 e. The summed E-state index contributed by atoms with van der Waals surface area (Å²) in [7, 11) is 2.77. The van der Waals surface area contributed by atoms with Crippen LogP contribution < -0.4 is 5.32 Å². The third-order valence-corrected chi connectivity index (χ3v) is 16.0. The van der Waals surface area contributed by atoms with Crippen molar-refractivity contribution in [2.75, 3.05) is 24.7 Å². The Kier molecular flexibility index (Phi) is 31.5. The number of esters is 1. The SMILES string of the molecule is CC(=O)OCCSSCCOC(=O)NC1C(O)C(C)OC(O[C@H]2C=C/C=C/C=C/C=C/C=C/C=C/C=C/[C@H](C)[C@@H](O)[C@@H](C)[C@H](C)CC(=O)C[C@H](O)C[C@H](O)CC[C@@H](O)[C@H](O)C[C@H](O)C[C@]3(O)CC(O)[C@@H](C(=O)O)[C@H](C2)O3)C1O. The number of ketones is 1. The van der Waals surface area contributed by atoms with Gasteiger partial charge in [-0.15, -0.1) is 0 Å². The molecule has 442 valence electrons. The number of carboxylic acid groups (broad SMARTS) is 1. The van der Waals surface area contributed by atoms with Gasteiger partial charge in [-0.2, -0.15) is 0 Å². The lowest BCUT2D eigenvalue weighted by Crippen LogP contribution is -2.64. The lowest BCUT2D eigenvalue weighted by atomic mass is 9.81. The van der Waals surface area contributed by atoms with Crippen molar-refractivity contribution >= 4 is 45.4 Å². The Morgan fingerprint density at radius 2 is 1.24 bits per heavy atom. The van der Waals surface area contributed by atoms with Crippen molar-refractivity contribution in [3.8, 4) is 0 Å². The Balaban J connectivity index is 1.87. The van der Waals surface area contributed by atoms with Crippen LogP contribution in [0.2, 0.25) is 0 Å². The van der Waals surface area contributed by atoms with Crippen molar-refractivity contribution < 1.29 is 99.0 Å². The Labute approximate surface area is 465 Å². The lowest BCUT2D eigenvalue weighted by molar-refractivity contribution is -0.309. The van der Waals surface area contributed by atoms with Gasteiger partial charge in [0.15, 0.2) is 12.1 Å². The van der Waals surface area contributed by atoms with Crippen LogP contribution in [0.25, 0.3) is 0 Å². The average Bonchev–Trinajstić information content (AvgIpc) is 3.40. The molecule has 3 rings (SSSR count). The molecule has 0 aromatic heterocycles. The molecule has 21 nitrogen and oxygen atoms in total. The zero-order valence-electron chi connectivity index (χ0n) is 45.1. The summed E-state index contributed by atoms with van der Waals surface area (Å²) < 4.78 is 28.2. The molecule has 0 saturated carbocycles. The van der Waals surface area contributed by atoms with E-state index in [2.05, 4.69) is 5.32 Å². The fourth-order valence-corrected chi connectivity index (χ4v) is 10.8. The van der Waals surface area contributed by atoms with E-state index >= 15 is 0 Å². The third-order valence-electron chi connectivity index (χ3n) is 13.7. The fourth-order valence-electron chi connectivity index (χ4n) is 9.19. The Hall–Kier alpha value is -3.76. The third kappa shape index (κ3) is 25.4. The van der Waals surface area contributed by atoms with Crippen molar-refractivity contribution in [3.63, 3.8) is 0 Å². The van der Waals surface area contributed by atoms with Crippen LogP contribution in [0.5, 0.6) is 0 Å². The molecule has 2 saturated heterocycles. The first kappa shape index (κ1) is 68.5. The van der Waals surface area contributed by atoms with Gasteiger partial charge in [0.2, 0.25) is 0 Å². The predicted molar refractivity (Wildman–Crippen MR) is 292 cm³/mol. The number of carboxylic acids is 1. The van der Waals surface area contributed by atoms with E-state index in [1.54, 1.807) is 48.6 Å². The number of carbonyl (C=O) groups is 4. The van der Waals surface area contributed by atoms with Crippen molar-refractivity contribution in [3.05, 3.63) is 85.1 Å². The first-order valence-corrected chi connectivity index (χ1v) is 29.0. The highest BCUT2D eigenvalue weighted by atomic mass is 33.1. The highest BCUT2D eigenvalue weighted by Gasteiger charge is 2.51. The van der Waals surface area contributed by atoms with Gasteiger partial charge in [0.05, 0.1) is 67.1 Å². The fraction of sp³-hybridized carbons (Fsp3) is 0.673. The first-order chi connectivity index (χ1) is 36.9. The number of aliphatic carboxylic acids is 1. The van der Waals surface area contributed by atoms with E-state index < -0.39 is 141 Å². The highest BCUT2D eigenvalue weighted by Crippen LogP contribution is 2.38. The van der Waals surface area contributed by atoms with E-state index in [1.165, 1.54) is 41.5 Å². The van der Waals surface area contributed by atoms with Gasteiger partial charge in [-0.1, -0.05) is 127 Å². The number of nitrogens with one attached hydrogen (secondary N) is 1. The van der Waals surface area contributed by atoms with Crippen LogP contribution in [0, 0.1) is 23.7 Å². The Morgan fingerprint density at radius 3 is 1.83 bits per heavy atom. The molecule has 78 heavy (non-hydrogen) atoms. The summed E-state index contributed by atoms with van der Waals surface area (Å²) in [5.74, 6) is -5.99. The number of Topliss-reactive ketones (excluding diaryl/α,β-unsaturated/α-hetero) is 1. The van der Waals surface area contributed by atoms with E-state index in [0.717, 1.165) is 0 Å². The number of rotatable bonds is 11. The van der Waals surface area contributed by atoms with Crippen LogP contribution in [-0.4, -0.2) is 196 Å². The van der Waals surface area contributed by atoms with Gasteiger partial charge >= 0.3 is 18.0 Å². The number of hydrogen-bond acceptors (Lipinski definition) is 21. The Bertz CT molecular complexity index is 2040. The molecule has 23 heteroatoms. The number of hydrogen-bond donors (Lipinski definition) is 12. The van der Waals surface area contributed by atoms with Crippen LogP contribution in [0.4, 0.5) is 4.79 Å². The van der Waals surface area contributed by atoms with Gasteiger partial charge in [-0.25, -0.2) is 4.79 Å². The topological polar surface area (TPSA) is 349 Å². The summed E-state index contributed by atoms with van der Waals surface area (Å²) >= 11 is 0. The summed E-state index contributed by atoms with van der Waals surface area (Å²) in [4.78, 5) is 49.4. The molecule has 0 aromatic rings. The average molecular weight is 1140 g/mol. The summed E-state index contributed by atoms with van der Waals surface area (Å²) in [5, 5.41) is 123. The van der Waals surface area contributed by atoms with Crippen LogP contribution in [0.3, 0.4) is 0 Å². The van der Waals surface area contributed by atoms with E-state index in [9.17, 15) is 75.3 Å². The molecule has 0 spiro atoms. The molecular formula is C55H85NO20S2. The molecule has 19 atom stereocenters. The number of carbonyl (C=O) groups excluding carboxylic acids is 3. The number of allylic oxidation sites excluding steroid dienone is 12. The van der Waals surface area contributed by atoms with E-state index in [0.29, 0.717) is 11.5 Å². The van der Waals surface area contributed by atoms with Crippen molar-refractivity contribution in [1.29, 1.82) is 0 Å². The summed E-state index contributed by atoms with van der Waals surface area (Å²) in [6.07, 6.45) is 2.28. The minimum absolute atomic E-state index is 0.0421.